The van der Waals surface area contributed by atoms with E-state index >= 15 is 0 Å². The molecule has 0 atom stereocenters. The number of nitrogens with zero attached hydrogens (tertiary/aromatic N) is 2. The number of halogens is 1. The Balaban J connectivity index is 2.55. The molecule has 100 valence electrons. The van der Waals surface area contributed by atoms with Crippen LogP contribution >= 0.6 is 0 Å². The highest BCUT2D eigenvalue weighted by molar-refractivity contribution is 5.93. The van der Waals surface area contributed by atoms with Crippen molar-refractivity contribution in [3.05, 3.63) is 17.7 Å². The number of nitrogens with one attached hydrogen (secondary N) is 2. The van der Waals surface area contributed by atoms with E-state index in [1.807, 2.05) is 10.9 Å². The molecule has 0 spiro atoms. The number of carbonyl (C=O) groups is 2. The van der Waals surface area contributed by atoms with E-state index in [0.717, 1.165) is 10.9 Å². The quantitative estimate of drug-likeness (QED) is 0.727. The summed E-state index contributed by atoms with van der Waals surface area (Å²) in [7, 11) is 1.41. The Kier molecular flexibility index (Phi) is 3.89. The minimum absolute atomic E-state index is 0.286. The van der Waals surface area contributed by atoms with Crippen molar-refractivity contribution in [2.75, 3.05) is 0 Å². The van der Waals surface area contributed by atoms with Gasteiger partial charge in [0.2, 0.25) is 0 Å². The van der Waals surface area contributed by atoms with E-state index in [2.05, 4.69) is 5.10 Å². The Hall–Kier alpha value is -2.12. The lowest BCUT2D eigenvalue weighted by Crippen LogP contribution is -2.45. The Bertz CT molecular complexity index is 445. The number of amides is 2. The third kappa shape index (κ3) is 3.72. The van der Waals surface area contributed by atoms with Gasteiger partial charge in [-0.3, -0.25) is 14.9 Å². The number of hydrazine groups is 1. The fourth-order valence-electron chi connectivity index (χ4n) is 1.14. The van der Waals surface area contributed by atoms with E-state index < -0.39 is 23.4 Å². The molecule has 18 heavy (non-hydrogen) atoms. The van der Waals surface area contributed by atoms with Crippen LogP contribution in [0.25, 0.3) is 0 Å². The maximum Gasteiger partial charge on any atom is 0.426 e. The highest BCUT2D eigenvalue weighted by Gasteiger charge is 2.19. The van der Waals surface area contributed by atoms with Crippen molar-refractivity contribution < 1.29 is 18.7 Å². The number of hydrogen-bond donors (Lipinski definition) is 2. The fourth-order valence-corrected chi connectivity index (χ4v) is 1.14. The number of carbonyl (C=O) groups excluding carboxylic acids is 2. The van der Waals surface area contributed by atoms with Gasteiger partial charge in [0.1, 0.15) is 5.60 Å². The van der Waals surface area contributed by atoms with E-state index in [0.29, 0.717) is 0 Å². The smallest absolute Gasteiger partial charge is 0.426 e. The molecule has 0 bridgehead atoms. The maximum atomic E-state index is 13.2. The monoisotopic (exact) mass is 258 g/mol. The first-order chi connectivity index (χ1) is 8.20. The lowest BCUT2D eigenvalue weighted by Gasteiger charge is -2.19. The van der Waals surface area contributed by atoms with Crippen LogP contribution in [-0.4, -0.2) is 27.4 Å². The average molecular weight is 258 g/mol. The molecule has 7 nitrogen and oxygen atoms in total. The molecular weight excluding hydrogens is 243 g/mol. The van der Waals surface area contributed by atoms with Crippen LogP contribution in [0.1, 0.15) is 31.3 Å². The molecule has 0 saturated heterocycles. The van der Waals surface area contributed by atoms with Crippen molar-refractivity contribution in [3.8, 4) is 0 Å². The van der Waals surface area contributed by atoms with Gasteiger partial charge in [0.15, 0.2) is 11.5 Å². The van der Waals surface area contributed by atoms with Crippen LogP contribution in [0.5, 0.6) is 0 Å². The van der Waals surface area contributed by atoms with Gasteiger partial charge in [-0.15, -0.1) is 0 Å². The normalized spacial score (nSPS) is 10.9. The van der Waals surface area contributed by atoms with Crippen molar-refractivity contribution in [2.45, 2.75) is 26.4 Å². The summed E-state index contributed by atoms with van der Waals surface area (Å²) in [6, 6.07) is 0. The van der Waals surface area contributed by atoms with Gasteiger partial charge in [-0.25, -0.2) is 14.6 Å². The van der Waals surface area contributed by atoms with Crippen LogP contribution in [-0.2, 0) is 11.8 Å². The average Bonchev–Trinajstić information content (AvgIpc) is 2.53. The zero-order chi connectivity index (χ0) is 13.9. The number of aryl methyl sites for hydroxylation is 1. The minimum Gasteiger partial charge on any atom is -0.443 e. The first-order valence-electron chi connectivity index (χ1n) is 5.17. The lowest BCUT2D eigenvalue weighted by molar-refractivity contribution is 0.0482. The molecule has 1 aromatic heterocycles. The van der Waals surface area contributed by atoms with Gasteiger partial charge in [0.05, 0.1) is 6.20 Å². The van der Waals surface area contributed by atoms with Crippen LogP contribution < -0.4 is 10.9 Å². The molecular formula is C10H15FN4O3. The second kappa shape index (κ2) is 5.03. The van der Waals surface area contributed by atoms with Gasteiger partial charge in [-0.05, 0) is 20.8 Å². The van der Waals surface area contributed by atoms with Crippen molar-refractivity contribution in [2.24, 2.45) is 7.05 Å². The first kappa shape index (κ1) is 13.9. The molecule has 1 heterocycles. The van der Waals surface area contributed by atoms with E-state index in [9.17, 15) is 14.0 Å². The number of aromatic nitrogens is 2. The first-order valence-corrected chi connectivity index (χ1v) is 5.17. The summed E-state index contributed by atoms with van der Waals surface area (Å²) in [6.45, 7) is 5.03. The Labute approximate surface area is 103 Å². The van der Waals surface area contributed by atoms with Gasteiger partial charge in [-0.2, -0.15) is 5.10 Å². The lowest BCUT2D eigenvalue weighted by atomic mass is 10.2. The summed E-state index contributed by atoms with van der Waals surface area (Å²) in [5, 5.41) is 3.56. The van der Waals surface area contributed by atoms with Gasteiger partial charge in [0.25, 0.3) is 5.91 Å². The summed E-state index contributed by atoms with van der Waals surface area (Å²) >= 11 is 0. The molecule has 2 N–H and O–H groups in total. The molecule has 0 aliphatic heterocycles. The predicted molar refractivity (Wildman–Crippen MR) is 60.0 cm³/mol. The molecule has 2 amide bonds. The Morgan fingerprint density at radius 3 is 2.44 bits per heavy atom. The highest BCUT2D eigenvalue weighted by Crippen LogP contribution is 2.06. The van der Waals surface area contributed by atoms with E-state index in [-0.39, 0.29) is 5.69 Å². The standard InChI is InChI=1S/C10H15FN4O3/c1-10(2,3)18-9(17)14-13-8(16)7-6(11)5-12-15(7)4/h5H,1-4H3,(H,13,16)(H,14,17). The number of rotatable bonds is 1. The van der Waals surface area contributed by atoms with Crippen molar-refractivity contribution in [1.82, 2.24) is 20.6 Å². The number of hydrogen-bond acceptors (Lipinski definition) is 4. The third-order valence-electron chi connectivity index (χ3n) is 1.79. The Morgan fingerprint density at radius 1 is 1.39 bits per heavy atom. The topological polar surface area (TPSA) is 85.3 Å². The summed E-state index contributed by atoms with van der Waals surface area (Å²) in [6.07, 6.45) is 0.0704. The largest absolute Gasteiger partial charge is 0.443 e. The summed E-state index contributed by atoms with van der Waals surface area (Å²) in [5.41, 5.74) is 3.06. The molecule has 0 aliphatic carbocycles. The second-order valence-electron chi connectivity index (χ2n) is 4.55. The van der Waals surface area contributed by atoms with E-state index in [4.69, 9.17) is 4.74 Å². The number of ether oxygens (including phenoxy) is 1. The molecule has 0 fully saturated rings. The van der Waals surface area contributed by atoms with E-state index in [1.165, 1.54) is 7.05 Å². The van der Waals surface area contributed by atoms with Crippen LogP contribution in [0.4, 0.5) is 9.18 Å². The van der Waals surface area contributed by atoms with Crippen LogP contribution in [0.2, 0.25) is 0 Å². The Morgan fingerprint density at radius 2 is 2.00 bits per heavy atom. The maximum absolute atomic E-state index is 13.2. The molecule has 8 heteroatoms. The van der Waals surface area contributed by atoms with E-state index in [1.54, 1.807) is 20.8 Å². The van der Waals surface area contributed by atoms with Gasteiger partial charge >= 0.3 is 6.09 Å². The molecule has 0 aliphatic rings. The third-order valence-corrected chi connectivity index (χ3v) is 1.79. The summed E-state index contributed by atoms with van der Waals surface area (Å²) < 4.78 is 19.1. The van der Waals surface area contributed by atoms with Gasteiger partial charge < -0.3 is 4.74 Å². The van der Waals surface area contributed by atoms with Crippen LogP contribution in [0, 0.1) is 5.82 Å². The molecule has 0 unspecified atom stereocenters. The summed E-state index contributed by atoms with van der Waals surface area (Å²) in [4.78, 5) is 22.8. The van der Waals surface area contributed by atoms with Crippen LogP contribution in [0.15, 0.2) is 6.20 Å². The van der Waals surface area contributed by atoms with Crippen LogP contribution in [0.3, 0.4) is 0 Å². The molecule has 1 rings (SSSR count). The predicted octanol–water partition coefficient (Wildman–Crippen LogP) is 0.729. The molecule has 0 aromatic carbocycles. The van der Waals surface area contributed by atoms with Crippen molar-refractivity contribution in [1.29, 1.82) is 0 Å². The van der Waals surface area contributed by atoms with Gasteiger partial charge in [0, 0.05) is 7.05 Å². The zero-order valence-corrected chi connectivity index (χ0v) is 10.6. The fraction of sp³-hybridized carbons (Fsp3) is 0.500. The highest BCUT2D eigenvalue weighted by atomic mass is 19.1. The summed E-state index contributed by atoms with van der Waals surface area (Å²) in [5.74, 6) is -1.60. The van der Waals surface area contributed by atoms with Crippen molar-refractivity contribution >= 4 is 12.0 Å². The SMILES string of the molecule is Cn1ncc(F)c1C(=O)NNC(=O)OC(C)(C)C. The van der Waals surface area contributed by atoms with Gasteiger partial charge in [-0.1, -0.05) is 0 Å². The molecule has 0 saturated carbocycles. The minimum atomic E-state index is -0.835. The molecule has 1 aromatic rings. The van der Waals surface area contributed by atoms with Crippen molar-refractivity contribution in [3.63, 3.8) is 0 Å². The second-order valence-corrected chi connectivity index (χ2v) is 4.55. The molecule has 0 radical (unpaired) electrons. The zero-order valence-electron chi connectivity index (χ0n) is 10.6.